The minimum atomic E-state index is 0.397. The summed E-state index contributed by atoms with van der Waals surface area (Å²) < 4.78 is 0. The van der Waals surface area contributed by atoms with Crippen molar-refractivity contribution in [3.05, 3.63) is 0 Å². The molecule has 1 saturated heterocycles. The summed E-state index contributed by atoms with van der Waals surface area (Å²) in [4.78, 5) is 27.3. The summed E-state index contributed by atoms with van der Waals surface area (Å²) in [6, 6.07) is 0. The van der Waals surface area contributed by atoms with Crippen molar-refractivity contribution in [1.82, 2.24) is 24.5 Å². The van der Waals surface area contributed by atoms with Gasteiger partial charge in [-0.25, -0.2) is 0 Å². The molecule has 0 aromatic heterocycles. The van der Waals surface area contributed by atoms with E-state index in [0.29, 0.717) is 12.5 Å². The van der Waals surface area contributed by atoms with Crippen LogP contribution in [0.1, 0.15) is 394 Å². The number of hydrogen-bond donors (Lipinski definition) is 0. The Balaban J connectivity index is 2.81. The average molecular weight is 1160 g/mol. The molecule has 1 aliphatic heterocycles. The third-order valence-electron chi connectivity index (χ3n) is 19.2. The third-order valence-corrected chi connectivity index (χ3v) is 19.2. The molecule has 0 atom stereocenters. The third kappa shape index (κ3) is 55.9. The van der Waals surface area contributed by atoms with E-state index in [-0.39, 0.29) is 0 Å². The van der Waals surface area contributed by atoms with E-state index in [9.17, 15) is 4.79 Å². The molecule has 82 heavy (non-hydrogen) atoms. The largest absolute Gasteiger partial charge is 0.339 e. The van der Waals surface area contributed by atoms with Gasteiger partial charge >= 0.3 is 0 Å². The average Bonchev–Trinajstić information content (AvgIpc) is 3.50. The minimum absolute atomic E-state index is 0.397. The van der Waals surface area contributed by atoms with Gasteiger partial charge in [-0.05, 0) is 64.8 Å². The van der Waals surface area contributed by atoms with E-state index >= 15 is 0 Å². The van der Waals surface area contributed by atoms with E-state index < -0.39 is 0 Å². The Kier molecular flexibility index (Phi) is 64.1. The minimum Gasteiger partial charge on any atom is -0.339 e. The molecule has 0 aliphatic carbocycles. The Morgan fingerprint density at radius 2 is 0.427 bits per heavy atom. The van der Waals surface area contributed by atoms with Crippen LogP contribution in [0.25, 0.3) is 0 Å². The molecule has 1 rings (SSSR count). The van der Waals surface area contributed by atoms with Crippen LogP contribution >= 0.6 is 0 Å². The monoisotopic (exact) mass is 1150 g/mol. The molecule has 0 aromatic rings. The van der Waals surface area contributed by atoms with Gasteiger partial charge in [0.1, 0.15) is 0 Å². The Morgan fingerprint density at radius 1 is 0.232 bits per heavy atom. The maximum absolute atomic E-state index is 14.0. The van der Waals surface area contributed by atoms with Gasteiger partial charge in [0.25, 0.3) is 0 Å². The Morgan fingerprint density at radius 3 is 0.659 bits per heavy atom. The van der Waals surface area contributed by atoms with Crippen molar-refractivity contribution in [2.45, 2.75) is 394 Å². The number of carbonyl (C=O) groups excluding carboxylic acids is 1. The predicted octanol–water partition coefficient (Wildman–Crippen LogP) is 23.0. The number of carbonyl (C=O) groups is 1. The van der Waals surface area contributed by atoms with Crippen LogP contribution in [0.15, 0.2) is 0 Å². The van der Waals surface area contributed by atoms with Gasteiger partial charge in [-0.3, -0.25) is 14.6 Å². The number of rotatable bonds is 69. The summed E-state index contributed by atoms with van der Waals surface area (Å²) in [6.45, 7) is 27.0. The first-order chi connectivity index (χ1) is 40.6. The van der Waals surface area contributed by atoms with Crippen molar-refractivity contribution in [1.29, 1.82) is 0 Å². The van der Waals surface area contributed by atoms with Gasteiger partial charge in [0.05, 0.1) is 6.54 Å². The first kappa shape index (κ1) is 79.3. The van der Waals surface area contributed by atoms with Crippen LogP contribution in [-0.4, -0.2) is 122 Å². The molecule has 1 fully saturated rings. The highest BCUT2D eigenvalue weighted by molar-refractivity contribution is 5.78. The molecule has 6 heteroatoms. The van der Waals surface area contributed by atoms with Gasteiger partial charge in [-0.1, -0.05) is 362 Å². The molecule has 6 nitrogen and oxygen atoms in total. The zero-order valence-corrected chi connectivity index (χ0v) is 57.6. The van der Waals surface area contributed by atoms with Crippen molar-refractivity contribution in [2.75, 3.05) is 91.6 Å². The summed E-state index contributed by atoms with van der Waals surface area (Å²) in [7, 11) is 0. The van der Waals surface area contributed by atoms with E-state index in [1.54, 1.807) is 0 Å². The van der Waals surface area contributed by atoms with Crippen LogP contribution in [0.3, 0.4) is 0 Å². The molecule has 0 bridgehead atoms. The fraction of sp³-hybridized carbons (Fsp3) is 0.987. The van der Waals surface area contributed by atoms with Crippen LogP contribution in [0, 0.1) is 0 Å². The molecule has 1 amide bonds. The highest BCUT2D eigenvalue weighted by Gasteiger charge is 2.23. The van der Waals surface area contributed by atoms with E-state index in [2.05, 4.69) is 59.1 Å². The molecule has 0 radical (unpaired) electrons. The Hall–Kier alpha value is -0.690. The van der Waals surface area contributed by atoms with E-state index in [1.165, 1.54) is 399 Å². The molecule has 0 N–H and O–H groups in total. The summed E-state index contributed by atoms with van der Waals surface area (Å²) in [5, 5.41) is 0. The van der Waals surface area contributed by atoms with Gasteiger partial charge in [-0.15, -0.1) is 0 Å². The van der Waals surface area contributed by atoms with Crippen molar-refractivity contribution < 1.29 is 4.79 Å². The van der Waals surface area contributed by atoms with E-state index in [1.807, 2.05) is 0 Å². The fourth-order valence-electron chi connectivity index (χ4n) is 13.2. The quantitative estimate of drug-likeness (QED) is 0.0567. The maximum atomic E-state index is 14.0. The topological polar surface area (TPSA) is 33.3 Å². The van der Waals surface area contributed by atoms with Crippen molar-refractivity contribution >= 4 is 5.91 Å². The highest BCUT2D eigenvalue weighted by atomic mass is 16.2. The standard InChI is InChI=1S/C76H155N5O/c1-6-11-16-21-26-31-36-39-44-47-52-57-62-77(63-58-53-48-45-40-37-32-27-22-17-12-7-2)67-68-78(64-59-54-49-46-41-38-33-28-23-18-13-8-3)69-70-79-71-73-81(74-72-79)76(82)75-80(65-60-55-50-42-34-29-24-19-14-9-4)66-61-56-51-43-35-30-25-20-15-10-5/h6-75H2,1-5H3. The van der Waals surface area contributed by atoms with Crippen molar-refractivity contribution in [2.24, 2.45) is 0 Å². The van der Waals surface area contributed by atoms with Crippen molar-refractivity contribution in [3.8, 4) is 0 Å². The van der Waals surface area contributed by atoms with Crippen LogP contribution in [0.4, 0.5) is 0 Å². The number of amides is 1. The number of unbranched alkanes of at least 4 members (excludes halogenated alkanes) is 51. The van der Waals surface area contributed by atoms with Crippen LogP contribution < -0.4 is 0 Å². The molecule has 490 valence electrons. The molecular weight excluding hydrogens is 999 g/mol. The zero-order valence-electron chi connectivity index (χ0n) is 57.6. The SMILES string of the molecule is CCCCCCCCCCCCCCN(CCCCCCCCCCCCCC)CCN(CCCCCCCCCCCCCC)CCN1CCN(C(=O)CN(CCCCCCCCCCCC)CCCCCCCCCCCC)CC1. The number of hydrogen-bond acceptors (Lipinski definition) is 5. The normalized spacial score (nSPS) is 13.3. The van der Waals surface area contributed by atoms with Crippen LogP contribution in [-0.2, 0) is 4.79 Å². The summed E-state index contributed by atoms with van der Waals surface area (Å²) in [5.41, 5.74) is 0. The van der Waals surface area contributed by atoms with Gasteiger partial charge in [0.2, 0.25) is 5.91 Å². The molecule has 1 heterocycles. The summed E-state index contributed by atoms with van der Waals surface area (Å²) in [5.74, 6) is 0.397. The number of nitrogens with zero attached hydrogens (tertiary/aromatic N) is 5. The van der Waals surface area contributed by atoms with Crippen molar-refractivity contribution in [3.63, 3.8) is 0 Å². The van der Waals surface area contributed by atoms with Crippen LogP contribution in [0.2, 0.25) is 0 Å². The molecule has 0 saturated carbocycles. The molecular formula is C76H155N5O. The van der Waals surface area contributed by atoms with Gasteiger partial charge in [0.15, 0.2) is 0 Å². The second-order valence-corrected chi connectivity index (χ2v) is 27.2. The lowest BCUT2D eigenvalue weighted by atomic mass is 10.0. The lowest BCUT2D eigenvalue weighted by Gasteiger charge is -2.37. The second-order valence-electron chi connectivity index (χ2n) is 27.2. The smallest absolute Gasteiger partial charge is 0.236 e. The zero-order chi connectivity index (χ0) is 59.0. The Bertz CT molecular complexity index is 1160. The van der Waals surface area contributed by atoms with Gasteiger partial charge in [0, 0.05) is 52.4 Å². The van der Waals surface area contributed by atoms with Gasteiger partial charge < -0.3 is 14.7 Å². The molecule has 1 aliphatic rings. The van der Waals surface area contributed by atoms with Crippen LogP contribution in [0.5, 0.6) is 0 Å². The van der Waals surface area contributed by atoms with Gasteiger partial charge in [-0.2, -0.15) is 0 Å². The fourth-order valence-corrected chi connectivity index (χ4v) is 13.2. The molecule has 0 aromatic carbocycles. The summed E-state index contributed by atoms with van der Waals surface area (Å²) in [6.07, 6.45) is 78.9. The molecule has 0 spiro atoms. The summed E-state index contributed by atoms with van der Waals surface area (Å²) >= 11 is 0. The first-order valence-electron chi connectivity index (χ1n) is 38.7. The first-order valence-corrected chi connectivity index (χ1v) is 38.7. The Labute approximate surface area is 518 Å². The highest BCUT2D eigenvalue weighted by Crippen LogP contribution is 2.18. The van der Waals surface area contributed by atoms with E-state index in [4.69, 9.17) is 0 Å². The predicted molar refractivity (Wildman–Crippen MR) is 369 cm³/mol. The lowest BCUT2D eigenvalue weighted by Crippen LogP contribution is -2.52. The molecule has 0 unspecified atom stereocenters. The maximum Gasteiger partial charge on any atom is 0.236 e. The lowest BCUT2D eigenvalue weighted by molar-refractivity contribution is -0.134. The number of piperazine rings is 1. The van der Waals surface area contributed by atoms with E-state index in [0.717, 1.165) is 45.8 Å². The second kappa shape index (κ2) is 66.3.